The Labute approximate surface area is 94.1 Å². The Bertz CT molecular complexity index is 274. The second-order valence-corrected chi connectivity index (χ2v) is 3.98. The molecule has 0 aliphatic heterocycles. The zero-order valence-corrected chi connectivity index (χ0v) is 9.77. The van der Waals surface area contributed by atoms with Crippen LogP contribution in [0.4, 0.5) is 0 Å². The summed E-state index contributed by atoms with van der Waals surface area (Å²) in [5.41, 5.74) is 2.85. The van der Waals surface area contributed by atoms with Crippen molar-refractivity contribution in [2.24, 2.45) is 0 Å². The summed E-state index contributed by atoms with van der Waals surface area (Å²) in [6.45, 7) is 4.04. The number of carbonyl (C=O) groups is 1. The summed E-state index contributed by atoms with van der Waals surface area (Å²) in [6.07, 6.45) is 1.86. The minimum absolute atomic E-state index is 0.0543. The Kier molecular flexibility index (Phi) is 5.96. The van der Waals surface area contributed by atoms with Gasteiger partial charge in [0.25, 0.3) is 0 Å². The normalized spacial score (nSPS) is 10.2. The van der Waals surface area contributed by atoms with Crippen LogP contribution in [-0.2, 0) is 11.2 Å². The van der Waals surface area contributed by atoms with E-state index >= 15 is 0 Å². The van der Waals surface area contributed by atoms with Crippen molar-refractivity contribution < 1.29 is 4.79 Å². The first-order valence-electron chi connectivity index (χ1n) is 5.17. The van der Waals surface area contributed by atoms with Crippen molar-refractivity contribution >= 4 is 17.2 Å². The van der Waals surface area contributed by atoms with Gasteiger partial charge in [-0.3, -0.25) is 4.79 Å². The lowest BCUT2D eigenvalue weighted by Gasteiger charge is -2.04. The number of hydrogen-bond donors (Lipinski definition) is 2. The highest BCUT2D eigenvalue weighted by Crippen LogP contribution is 2.00. The van der Waals surface area contributed by atoms with E-state index in [2.05, 4.69) is 22.5 Å². The minimum Gasteiger partial charge on any atom is -0.355 e. The van der Waals surface area contributed by atoms with Crippen LogP contribution in [0.2, 0.25) is 0 Å². The SMILES string of the molecule is CCCNCC(=O)NCCc1cscn1. The number of thiazole rings is 1. The Balaban J connectivity index is 2.02. The van der Waals surface area contributed by atoms with Crippen molar-refractivity contribution in [3.05, 3.63) is 16.6 Å². The van der Waals surface area contributed by atoms with Gasteiger partial charge < -0.3 is 10.6 Å². The number of nitrogens with zero attached hydrogens (tertiary/aromatic N) is 1. The molecule has 5 heteroatoms. The molecule has 0 atom stereocenters. The van der Waals surface area contributed by atoms with Crippen LogP contribution in [0.25, 0.3) is 0 Å². The van der Waals surface area contributed by atoms with E-state index in [1.807, 2.05) is 5.38 Å². The number of aromatic nitrogens is 1. The van der Waals surface area contributed by atoms with E-state index in [1.54, 1.807) is 16.8 Å². The molecule has 2 N–H and O–H groups in total. The van der Waals surface area contributed by atoms with Gasteiger partial charge in [0, 0.05) is 18.3 Å². The van der Waals surface area contributed by atoms with Crippen LogP contribution < -0.4 is 10.6 Å². The van der Waals surface area contributed by atoms with Crippen LogP contribution in [0.1, 0.15) is 19.0 Å². The third-order valence-corrected chi connectivity index (χ3v) is 2.53. The molecule has 0 fully saturated rings. The third-order valence-electron chi connectivity index (χ3n) is 1.90. The van der Waals surface area contributed by atoms with Crippen molar-refractivity contribution in [1.82, 2.24) is 15.6 Å². The molecule has 0 radical (unpaired) electrons. The zero-order valence-electron chi connectivity index (χ0n) is 8.95. The minimum atomic E-state index is 0.0543. The summed E-state index contributed by atoms with van der Waals surface area (Å²) < 4.78 is 0. The van der Waals surface area contributed by atoms with Gasteiger partial charge in [-0.2, -0.15) is 0 Å². The topological polar surface area (TPSA) is 54.0 Å². The summed E-state index contributed by atoms with van der Waals surface area (Å²) in [5, 5.41) is 7.90. The van der Waals surface area contributed by atoms with Crippen LogP contribution in [0.3, 0.4) is 0 Å². The van der Waals surface area contributed by atoms with E-state index in [4.69, 9.17) is 0 Å². The molecule has 1 amide bonds. The Morgan fingerprint density at radius 2 is 2.40 bits per heavy atom. The Morgan fingerprint density at radius 1 is 1.53 bits per heavy atom. The molecule has 0 aromatic carbocycles. The summed E-state index contributed by atoms with van der Waals surface area (Å²) in [7, 11) is 0. The van der Waals surface area contributed by atoms with Crippen molar-refractivity contribution in [2.45, 2.75) is 19.8 Å². The number of rotatable bonds is 7. The van der Waals surface area contributed by atoms with Gasteiger partial charge in [-0.15, -0.1) is 11.3 Å². The monoisotopic (exact) mass is 227 g/mol. The average Bonchev–Trinajstić information content (AvgIpc) is 2.71. The van der Waals surface area contributed by atoms with Crippen LogP contribution in [-0.4, -0.2) is 30.5 Å². The molecule has 1 aromatic rings. The lowest BCUT2D eigenvalue weighted by atomic mass is 10.3. The quantitative estimate of drug-likeness (QED) is 0.678. The first kappa shape index (κ1) is 12.1. The first-order chi connectivity index (χ1) is 7.33. The molecule has 0 aliphatic rings. The molecule has 4 nitrogen and oxygen atoms in total. The highest BCUT2D eigenvalue weighted by atomic mass is 32.1. The van der Waals surface area contributed by atoms with Crippen molar-refractivity contribution in [3.63, 3.8) is 0 Å². The molecule has 0 unspecified atom stereocenters. The molecule has 1 rings (SSSR count). The zero-order chi connectivity index (χ0) is 10.9. The molecule has 0 saturated heterocycles. The molecule has 1 heterocycles. The van der Waals surface area contributed by atoms with Crippen molar-refractivity contribution in [2.75, 3.05) is 19.6 Å². The summed E-state index contributed by atoms with van der Waals surface area (Å²) in [6, 6.07) is 0. The smallest absolute Gasteiger partial charge is 0.233 e. The molecular formula is C10H17N3OS. The van der Waals surface area contributed by atoms with Gasteiger partial charge in [-0.1, -0.05) is 6.92 Å². The van der Waals surface area contributed by atoms with Crippen molar-refractivity contribution in [3.8, 4) is 0 Å². The standard InChI is InChI=1S/C10H17N3OS/c1-2-4-11-6-10(14)12-5-3-9-7-15-8-13-9/h7-8,11H,2-6H2,1H3,(H,12,14). The predicted molar refractivity (Wildman–Crippen MR) is 62.0 cm³/mol. The van der Waals surface area contributed by atoms with E-state index in [9.17, 15) is 4.79 Å². The van der Waals surface area contributed by atoms with Crippen LogP contribution in [0.5, 0.6) is 0 Å². The maximum Gasteiger partial charge on any atom is 0.233 e. The fraction of sp³-hybridized carbons (Fsp3) is 0.600. The van der Waals surface area contributed by atoms with Gasteiger partial charge in [0.05, 0.1) is 17.7 Å². The number of amides is 1. The predicted octanol–water partition coefficient (Wildman–Crippen LogP) is 0.801. The fourth-order valence-electron chi connectivity index (χ4n) is 1.13. The first-order valence-corrected chi connectivity index (χ1v) is 6.11. The largest absolute Gasteiger partial charge is 0.355 e. The van der Waals surface area contributed by atoms with Crippen LogP contribution >= 0.6 is 11.3 Å². The van der Waals surface area contributed by atoms with Crippen molar-refractivity contribution in [1.29, 1.82) is 0 Å². The maximum absolute atomic E-state index is 11.3. The van der Waals surface area contributed by atoms with E-state index in [-0.39, 0.29) is 5.91 Å². The second kappa shape index (κ2) is 7.36. The van der Waals surface area contributed by atoms with Crippen LogP contribution in [0.15, 0.2) is 10.9 Å². The summed E-state index contributed by atoms with van der Waals surface area (Å²) in [4.78, 5) is 15.4. The highest BCUT2D eigenvalue weighted by molar-refractivity contribution is 7.07. The Morgan fingerprint density at radius 3 is 3.07 bits per heavy atom. The highest BCUT2D eigenvalue weighted by Gasteiger charge is 2.00. The summed E-state index contributed by atoms with van der Waals surface area (Å²) in [5.74, 6) is 0.0543. The van der Waals surface area contributed by atoms with E-state index in [0.29, 0.717) is 13.1 Å². The van der Waals surface area contributed by atoms with Gasteiger partial charge in [0.1, 0.15) is 0 Å². The lowest BCUT2D eigenvalue weighted by Crippen LogP contribution is -2.35. The molecule has 0 spiro atoms. The van der Waals surface area contributed by atoms with E-state index in [0.717, 1.165) is 25.1 Å². The average molecular weight is 227 g/mol. The second-order valence-electron chi connectivity index (χ2n) is 3.26. The van der Waals surface area contributed by atoms with Gasteiger partial charge in [0.2, 0.25) is 5.91 Å². The van der Waals surface area contributed by atoms with Gasteiger partial charge >= 0.3 is 0 Å². The molecule has 84 valence electrons. The number of hydrogen-bond acceptors (Lipinski definition) is 4. The molecule has 0 bridgehead atoms. The van der Waals surface area contributed by atoms with E-state index < -0.39 is 0 Å². The Hall–Kier alpha value is -0.940. The number of carbonyl (C=O) groups excluding carboxylic acids is 1. The van der Waals surface area contributed by atoms with Crippen LogP contribution in [0, 0.1) is 0 Å². The van der Waals surface area contributed by atoms with E-state index in [1.165, 1.54) is 0 Å². The molecule has 15 heavy (non-hydrogen) atoms. The molecule has 1 aromatic heterocycles. The maximum atomic E-state index is 11.3. The van der Waals surface area contributed by atoms with Gasteiger partial charge in [-0.25, -0.2) is 4.98 Å². The number of nitrogens with one attached hydrogen (secondary N) is 2. The molecular weight excluding hydrogens is 210 g/mol. The fourth-order valence-corrected chi connectivity index (χ4v) is 1.73. The van der Waals surface area contributed by atoms with Gasteiger partial charge in [-0.05, 0) is 13.0 Å². The lowest BCUT2D eigenvalue weighted by molar-refractivity contribution is -0.120. The molecule has 0 aliphatic carbocycles. The summed E-state index contributed by atoms with van der Waals surface area (Å²) >= 11 is 1.58. The third kappa shape index (κ3) is 5.49. The van der Waals surface area contributed by atoms with Gasteiger partial charge in [0.15, 0.2) is 0 Å². The molecule has 0 saturated carbocycles.